The summed E-state index contributed by atoms with van der Waals surface area (Å²) in [5.41, 5.74) is 0.0112. The van der Waals surface area contributed by atoms with Crippen LogP contribution in [0.15, 0.2) is 12.5 Å². The predicted molar refractivity (Wildman–Crippen MR) is 71.5 cm³/mol. The number of aromatic nitrogens is 2. The Balaban J connectivity index is 1.66. The van der Waals surface area contributed by atoms with Gasteiger partial charge < -0.3 is 20.3 Å². The molecule has 0 bridgehead atoms. The topological polar surface area (TPSA) is 99.5 Å². The number of carbonyl (C=O) groups excluding carboxylic acids is 1. The van der Waals surface area contributed by atoms with Crippen molar-refractivity contribution in [2.24, 2.45) is 0 Å². The fraction of sp³-hybridized carbons (Fsp3) is 0.583. The van der Waals surface area contributed by atoms with Crippen molar-refractivity contribution in [3.8, 4) is 0 Å². The van der Waals surface area contributed by atoms with Crippen LogP contribution in [-0.2, 0) is 11.3 Å². The number of nitrogens with zero attached hydrogens (tertiary/aromatic N) is 3. The van der Waals surface area contributed by atoms with E-state index in [1.54, 1.807) is 4.57 Å². The van der Waals surface area contributed by atoms with Gasteiger partial charge >= 0.3 is 5.97 Å². The average Bonchev–Trinajstić information content (AvgIpc) is 2.89. The highest BCUT2D eigenvalue weighted by Crippen LogP contribution is 1.95. The van der Waals surface area contributed by atoms with Crippen molar-refractivity contribution < 1.29 is 14.7 Å². The second kappa shape index (κ2) is 7.01. The zero-order valence-electron chi connectivity index (χ0n) is 11.2. The second-order valence-electron chi connectivity index (χ2n) is 4.68. The number of imidazole rings is 1. The molecule has 0 radical (unpaired) electrons. The van der Waals surface area contributed by atoms with E-state index < -0.39 is 5.97 Å². The molecule has 0 unspecified atom stereocenters. The maximum absolute atomic E-state index is 11.7. The van der Waals surface area contributed by atoms with E-state index in [4.69, 9.17) is 5.11 Å². The molecule has 0 aliphatic carbocycles. The molecular formula is C12H19N5O3. The largest absolute Gasteiger partial charge is 0.476 e. The van der Waals surface area contributed by atoms with Crippen molar-refractivity contribution in [1.82, 2.24) is 25.1 Å². The first-order chi connectivity index (χ1) is 9.65. The van der Waals surface area contributed by atoms with E-state index in [0.717, 1.165) is 26.2 Å². The molecule has 2 rings (SSSR count). The van der Waals surface area contributed by atoms with Crippen LogP contribution in [0.25, 0.3) is 0 Å². The molecule has 1 fully saturated rings. The highest BCUT2D eigenvalue weighted by atomic mass is 16.4. The normalized spacial score (nSPS) is 16.0. The molecule has 1 saturated heterocycles. The van der Waals surface area contributed by atoms with Crippen LogP contribution in [0.4, 0.5) is 0 Å². The Hall–Kier alpha value is -1.93. The zero-order valence-corrected chi connectivity index (χ0v) is 11.2. The van der Waals surface area contributed by atoms with Gasteiger partial charge in [-0.25, -0.2) is 9.78 Å². The summed E-state index contributed by atoms with van der Waals surface area (Å²) < 4.78 is 1.65. The smallest absolute Gasteiger partial charge is 0.356 e. The summed E-state index contributed by atoms with van der Waals surface area (Å²) in [6.07, 6.45) is 2.90. The summed E-state index contributed by atoms with van der Waals surface area (Å²) >= 11 is 0. The summed E-state index contributed by atoms with van der Waals surface area (Å²) in [6, 6.07) is 0. The summed E-state index contributed by atoms with van der Waals surface area (Å²) in [4.78, 5) is 28.2. The van der Waals surface area contributed by atoms with Gasteiger partial charge in [-0.05, 0) is 0 Å². The number of piperazine rings is 1. The minimum absolute atomic E-state index is 0.00882. The van der Waals surface area contributed by atoms with E-state index in [9.17, 15) is 9.59 Å². The maximum Gasteiger partial charge on any atom is 0.356 e. The molecule has 0 saturated carbocycles. The monoisotopic (exact) mass is 281 g/mol. The van der Waals surface area contributed by atoms with Gasteiger partial charge in [-0.1, -0.05) is 0 Å². The number of amides is 1. The van der Waals surface area contributed by atoms with E-state index >= 15 is 0 Å². The number of nitrogens with one attached hydrogen (secondary N) is 2. The van der Waals surface area contributed by atoms with Crippen molar-refractivity contribution in [1.29, 1.82) is 0 Å². The van der Waals surface area contributed by atoms with Crippen LogP contribution in [0.5, 0.6) is 0 Å². The fourth-order valence-corrected chi connectivity index (χ4v) is 2.05. The number of hydrogen-bond donors (Lipinski definition) is 3. The minimum atomic E-state index is -1.05. The lowest BCUT2D eigenvalue weighted by Crippen LogP contribution is -2.47. The van der Waals surface area contributed by atoms with E-state index in [1.165, 1.54) is 12.5 Å². The van der Waals surface area contributed by atoms with Gasteiger partial charge in [0.1, 0.15) is 0 Å². The van der Waals surface area contributed by atoms with Gasteiger partial charge in [0.2, 0.25) is 5.91 Å². The summed E-state index contributed by atoms with van der Waals surface area (Å²) in [5.74, 6) is -1.06. The first-order valence-electron chi connectivity index (χ1n) is 6.60. The molecule has 1 aliphatic heterocycles. The fourth-order valence-electron chi connectivity index (χ4n) is 2.05. The van der Waals surface area contributed by atoms with Crippen LogP contribution in [0.3, 0.4) is 0 Å². The van der Waals surface area contributed by atoms with Crippen LogP contribution in [0, 0.1) is 0 Å². The Kier molecular flexibility index (Phi) is 5.08. The van der Waals surface area contributed by atoms with E-state index in [1.807, 2.05) is 0 Å². The Labute approximate surface area is 116 Å². The zero-order chi connectivity index (χ0) is 14.4. The molecule has 20 heavy (non-hydrogen) atoms. The number of aromatic carboxylic acids is 1. The van der Waals surface area contributed by atoms with E-state index in [2.05, 4.69) is 20.5 Å². The Morgan fingerprint density at radius 1 is 1.40 bits per heavy atom. The molecule has 0 spiro atoms. The Bertz CT molecular complexity index is 467. The third kappa shape index (κ3) is 4.32. The van der Waals surface area contributed by atoms with Crippen LogP contribution in [-0.4, -0.2) is 70.7 Å². The van der Waals surface area contributed by atoms with Gasteiger partial charge in [0.25, 0.3) is 0 Å². The van der Waals surface area contributed by atoms with Crippen molar-refractivity contribution >= 4 is 11.9 Å². The molecule has 110 valence electrons. The van der Waals surface area contributed by atoms with Crippen LogP contribution < -0.4 is 10.6 Å². The molecule has 1 aliphatic rings. The van der Waals surface area contributed by atoms with Crippen molar-refractivity contribution in [2.45, 2.75) is 6.54 Å². The van der Waals surface area contributed by atoms with Gasteiger partial charge in [-0.15, -0.1) is 0 Å². The first kappa shape index (κ1) is 14.5. The lowest BCUT2D eigenvalue weighted by molar-refractivity contribution is -0.122. The molecule has 0 aromatic carbocycles. The third-order valence-electron chi connectivity index (χ3n) is 3.12. The van der Waals surface area contributed by atoms with Gasteiger partial charge in [0.15, 0.2) is 5.69 Å². The highest BCUT2D eigenvalue weighted by Gasteiger charge is 2.13. The standard InChI is InChI=1S/C12H19N5O3/c18-11(8-16-4-1-13-2-5-16)14-3-6-17-7-10(12(19)20)15-9-17/h7,9,13H,1-6,8H2,(H,14,18)(H,19,20). The summed E-state index contributed by atoms with van der Waals surface area (Å²) in [6.45, 7) is 4.98. The number of rotatable bonds is 6. The van der Waals surface area contributed by atoms with Gasteiger partial charge in [0, 0.05) is 45.5 Å². The van der Waals surface area contributed by atoms with Crippen molar-refractivity contribution in [2.75, 3.05) is 39.3 Å². The van der Waals surface area contributed by atoms with Crippen LogP contribution in [0.2, 0.25) is 0 Å². The molecule has 0 atom stereocenters. The Morgan fingerprint density at radius 2 is 2.15 bits per heavy atom. The SMILES string of the molecule is O=C(CN1CCNCC1)NCCn1cnc(C(=O)O)c1. The van der Waals surface area contributed by atoms with Gasteiger partial charge in [-0.3, -0.25) is 9.69 Å². The van der Waals surface area contributed by atoms with E-state index in [-0.39, 0.29) is 11.6 Å². The van der Waals surface area contributed by atoms with Gasteiger partial charge in [0.05, 0.1) is 12.9 Å². The van der Waals surface area contributed by atoms with E-state index in [0.29, 0.717) is 19.6 Å². The van der Waals surface area contributed by atoms with Gasteiger partial charge in [-0.2, -0.15) is 0 Å². The highest BCUT2D eigenvalue weighted by molar-refractivity contribution is 5.84. The maximum atomic E-state index is 11.7. The molecule has 8 heteroatoms. The predicted octanol–water partition coefficient (Wildman–Crippen LogP) is -1.40. The molecule has 1 aromatic heterocycles. The van der Waals surface area contributed by atoms with Crippen LogP contribution >= 0.6 is 0 Å². The number of hydrogen-bond acceptors (Lipinski definition) is 5. The molecule has 2 heterocycles. The quantitative estimate of drug-likeness (QED) is 0.593. The number of carboxylic acid groups (broad SMARTS) is 1. The lowest BCUT2D eigenvalue weighted by atomic mass is 10.3. The summed E-state index contributed by atoms with van der Waals surface area (Å²) in [7, 11) is 0. The first-order valence-corrected chi connectivity index (χ1v) is 6.60. The molecule has 1 amide bonds. The van der Waals surface area contributed by atoms with Crippen LogP contribution in [0.1, 0.15) is 10.5 Å². The minimum Gasteiger partial charge on any atom is -0.476 e. The molecule has 8 nitrogen and oxygen atoms in total. The summed E-state index contributed by atoms with van der Waals surface area (Å²) in [5, 5.41) is 14.8. The third-order valence-corrected chi connectivity index (χ3v) is 3.12. The van der Waals surface area contributed by atoms with Crippen molar-refractivity contribution in [3.63, 3.8) is 0 Å². The number of carbonyl (C=O) groups is 2. The molecule has 3 N–H and O–H groups in total. The molecule has 1 aromatic rings. The Morgan fingerprint density at radius 3 is 2.80 bits per heavy atom. The number of carboxylic acids is 1. The molecular weight excluding hydrogens is 262 g/mol. The second-order valence-corrected chi connectivity index (χ2v) is 4.68. The lowest BCUT2D eigenvalue weighted by Gasteiger charge is -2.26. The van der Waals surface area contributed by atoms with Crippen molar-refractivity contribution in [3.05, 3.63) is 18.2 Å². The average molecular weight is 281 g/mol.